The molecule has 0 aromatic heterocycles. The van der Waals surface area contributed by atoms with Crippen molar-refractivity contribution < 1.29 is 40.2 Å². The lowest BCUT2D eigenvalue weighted by atomic mass is 9.77. The van der Waals surface area contributed by atoms with E-state index in [9.17, 15) is 40.2 Å². The summed E-state index contributed by atoms with van der Waals surface area (Å²) >= 11 is 0. The molecule has 2 aliphatic carbocycles. The van der Waals surface area contributed by atoms with E-state index in [2.05, 4.69) is 0 Å². The number of allylic oxidation sites excluding steroid dienone is 5. The zero-order valence-corrected chi connectivity index (χ0v) is 13.7. The molecule has 1 aromatic carbocycles. The predicted octanol–water partition coefficient (Wildman–Crippen LogP) is 2.12. The summed E-state index contributed by atoms with van der Waals surface area (Å²) in [4.78, 5) is 24.6. The van der Waals surface area contributed by atoms with E-state index in [0.29, 0.717) is 0 Å². The van der Waals surface area contributed by atoms with Gasteiger partial charge < -0.3 is 30.6 Å². The van der Waals surface area contributed by atoms with Crippen molar-refractivity contribution in [3.8, 4) is 17.2 Å². The third-order valence-electron chi connectivity index (χ3n) is 4.42. The molecule has 0 aliphatic heterocycles. The lowest BCUT2D eigenvalue weighted by Gasteiger charge is -2.26. The van der Waals surface area contributed by atoms with Crippen molar-refractivity contribution in [1.29, 1.82) is 0 Å². The minimum absolute atomic E-state index is 0.0211. The van der Waals surface area contributed by atoms with Crippen molar-refractivity contribution in [2.45, 2.75) is 13.8 Å². The van der Waals surface area contributed by atoms with Gasteiger partial charge in [-0.3, -0.25) is 9.59 Å². The van der Waals surface area contributed by atoms with Crippen molar-refractivity contribution in [1.82, 2.24) is 0 Å². The summed E-state index contributed by atoms with van der Waals surface area (Å²) in [7, 11) is 0. The van der Waals surface area contributed by atoms with Crippen molar-refractivity contribution in [3.05, 3.63) is 57.3 Å². The van der Waals surface area contributed by atoms with Gasteiger partial charge in [-0.15, -0.1) is 0 Å². The molecule has 0 fully saturated rings. The number of hydrogen-bond acceptors (Lipinski definition) is 8. The first-order valence-electron chi connectivity index (χ1n) is 7.40. The lowest BCUT2D eigenvalue weighted by Crippen LogP contribution is -2.27. The maximum atomic E-state index is 12.5. The first-order valence-corrected chi connectivity index (χ1v) is 7.40. The minimum atomic E-state index is -0.893. The molecule has 3 rings (SSSR count). The van der Waals surface area contributed by atoms with Crippen LogP contribution in [0.3, 0.4) is 0 Å². The van der Waals surface area contributed by atoms with Gasteiger partial charge in [-0.2, -0.15) is 0 Å². The number of phenolic OH excluding ortho intramolecular Hbond substituents is 3. The molecular formula is C18H14O8. The first kappa shape index (κ1) is 17.2. The quantitative estimate of drug-likeness (QED) is 0.417. The third-order valence-corrected chi connectivity index (χ3v) is 4.42. The van der Waals surface area contributed by atoms with Crippen LogP contribution < -0.4 is 0 Å². The molecule has 8 heteroatoms. The Labute approximate surface area is 146 Å². The third kappa shape index (κ3) is 2.08. The maximum Gasteiger partial charge on any atom is 0.202 e. The average molecular weight is 358 g/mol. The predicted molar refractivity (Wildman–Crippen MR) is 88.8 cm³/mol. The van der Waals surface area contributed by atoms with Crippen molar-refractivity contribution in [2.75, 3.05) is 0 Å². The molecule has 0 radical (unpaired) electrons. The van der Waals surface area contributed by atoms with Gasteiger partial charge in [0.05, 0.1) is 22.3 Å². The van der Waals surface area contributed by atoms with E-state index in [0.717, 1.165) is 12.1 Å². The number of aliphatic hydroxyl groups is 3. The number of benzene rings is 1. The number of carbonyl (C=O) groups excluding carboxylic acids is 2. The Bertz CT molecular complexity index is 1030. The van der Waals surface area contributed by atoms with E-state index >= 15 is 0 Å². The van der Waals surface area contributed by atoms with Crippen LogP contribution in [-0.2, 0) is 9.59 Å². The molecular weight excluding hydrogens is 344 g/mol. The molecule has 1 aromatic rings. The van der Waals surface area contributed by atoms with Gasteiger partial charge in [0.15, 0.2) is 5.78 Å². The second kappa shape index (κ2) is 5.41. The highest BCUT2D eigenvalue weighted by molar-refractivity contribution is 6.42. The van der Waals surface area contributed by atoms with Crippen LogP contribution in [0.2, 0.25) is 0 Å². The standard InChI is InChI=1S/C18H14O8/c1-5-7(19)3-9(21)11(15(5)23)13-17(25)14(18(13)26)12-10(22)4-8(20)6(2)16(12)24/h3-4,19-21,23-25H,1-2H3. The van der Waals surface area contributed by atoms with Gasteiger partial charge in [0.25, 0.3) is 0 Å². The number of hydrogen-bond donors (Lipinski definition) is 6. The molecule has 0 heterocycles. The number of rotatable bonds is 1. The summed E-state index contributed by atoms with van der Waals surface area (Å²) < 4.78 is 0. The smallest absolute Gasteiger partial charge is 0.202 e. The number of ketones is 2. The van der Waals surface area contributed by atoms with Crippen LogP contribution in [-0.4, -0.2) is 42.2 Å². The Morgan fingerprint density at radius 2 is 1.38 bits per heavy atom. The van der Waals surface area contributed by atoms with E-state index in [1.165, 1.54) is 13.8 Å². The molecule has 0 unspecified atom stereocenters. The van der Waals surface area contributed by atoms with Crippen molar-refractivity contribution >= 4 is 17.1 Å². The lowest BCUT2D eigenvalue weighted by molar-refractivity contribution is -0.114. The van der Waals surface area contributed by atoms with Gasteiger partial charge in [-0.25, -0.2) is 0 Å². The number of phenols is 3. The molecule has 2 aliphatic rings. The van der Waals surface area contributed by atoms with Crippen LogP contribution in [0.5, 0.6) is 17.2 Å². The van der Waals surface area contributed by atoms with E-state index in [-0.39, 0.29) is 11.1 Å². The summed E-state index contributed by atoms with van der Waals surface area (Å²) in [5.41, 5.74) is -1.90. The molecule has 26 heavy (non-hydrogen) atoms. The number of aromatic hydroxyl groups is 3. The van der Waals surface area contributed by atoms with Crippen LogP contribution in [0.15, 0.2) is 46.1 Å². The number of aliphatic hydroxyl groups excluding tert-OH is 3. The Kier molecular flexibility index (Phi) is 3.57. The van der Waals surface area contributed by atoms with Gasteiger partial charge in [0.1, 0.15) is 34.5 Å². The van der Waals surface area contributed by atoms with Gasteiger partial charge >= 0.3 is 0 Å². The van der Waals surface area contributed by atoms with Crippen LogP contribution >= 0.6 is 0 Å². The molecule has 0 spiro atoms. The fraction of sp³-hybridized carbons (Fsp3) is 0.111. The summed E-state index contributed by atoms with van der Waals surface area (Å²) in [5.74, 6) is -5.25. The zero-order chi connectivity index (χ0) is 19.5. The number of carbonyl (C=O) groups is 2. The van der Waals surface area contributed by atoms with E-state index in [1.807, 2.05) is 0 Å². The minimum Gasteiger partial charge on any atom is -0.507 e. The normalized spacial score (nSPS) is 20.5. The Balaban J connectivity index is 2.26. The Hall–Kier alpha value is -3.68. The zero-order valence-electron chi connectivity index (χ0n) is 13.7. The van der Waals surface area contributed by atoms with Gasteiger partial charge in [-0.05, 0) is 13.8 Å². The fourth-order valence-electron chi connectivity index (χ4n) is 2.82. The molecule has 8 nitrogen and oxygen atoms in total. The second-order valence-corrected chi connectivity index (χ2v) is 5.93. The van der Waals surface area contributed by atoms with Crippen molar-refractivity contribution in [2.24, 2.45) is 0 Å². The summed E-state index contributed by atoms with van der Waals surface area (Å²) in [6.45, 7) is 2.66. The van der Waals surface area contributed by atoms with Gasteiger partial charge in [-0.1, -0.05) is 0 Å². The summed E-state index contributed by atoms with van der Waals surface area (Å²) in [6, 6.07) is 0.900. The summed E-state index contributed by atoms with van der Waals surface area (Å²) in [5, 5.41) is 59.5. The number of Topliss-reactive ketones (excluding diaryl/α,β-unsaturated/α-hetero) is 1. The highest BCUT2D eigenvalue weighted by Gasteiger charge is 2.43. The molecule has 0 atom stereocenters. The van der Waals surface area contributed by atoms with Crippen molar-refractivity contribution in [3.63, 3.8) is 0 Å². The molecule has 0 bridgehead atoms. The molecule has 0 amide bonds. The Morgan fingerprint density at radius 3 is 1.96 bits per heavy atom. The summed E-state index contributed by atoms with van der Waals surface area (Å²) in [6.07, 6.45) is 0.801. The van der Waals surface area contributed by atoms with Crippen LogP contribution in [0, 0.1) is 6.92 Å². The second-order valence-electron chi connectivity index (χ2n) is 5.93. The average Bonchev–Trinajstić information content (AvgIpc) is 2.58. The molecule has 0 saturated heterocycles. The molecule has 0 saturated carbocycles. The first-order chi connectivity index (χ1) is 12.1. The highest BCUT2D eigenvalue weighted by Crippen LogP contribution is 2.48. The molecule has 134 valence electrons. The van der Waals surface area contributed by atoms with Crippen LogP contribution in [0.1, 0.15) is 18.1 Å². The maximum absolute atomic E-state index is 12.5. The largest absolute Gasteiger partial charge is 0.507 e. The van der Waals surface area contributed by atoms with Gasteiger partial charge in [0.2, 0.25) is 5.78 Å². The van der Waals surface area contributed by atoms with E-state index < -0.39 is 68.4 Å². The Morgan fingerprint density at radius 1 is 0.769 bits per heavy atom. The van der Waals surface area contributed by atoms with E-state index in [1.54, 1.807) is 0 Å². The van der Waals surface area contributed by atoms with Crippen LogP contribution in [0.4, 0.5) is 0 Å². The monoisotopic (exact) mass is 358 g/mol. The molecule has 6 N–H and O–H groups in total. The van der Waals surface area contributed by atoms with E-state index in [4.69, 9.17) is 0 Å². The highest BCUT2D eigenvalue weighted by atomic mass is 16.3. The van der Waals surface area contributed by atoms with Gasteiger partial charge in [0, 0.05) is 23.3 Å². The SMILES string of the molecule is CC1=C(O)C(=C2C(=O)C(c3c(O)cc(O)c(C)c3O)=C2O)C(=O)C=C1O. The fourth-order valence-corrected chi connectivity index (χ4v) is 2.82. The topological polar surface area (TPSA) is 156 Å². The van der Waals surface area contributed by atoms with Crippen LogP contribution in [0.25, 0.3) is 5.57 Å².